The van der Waals surface area contributed by atoms with Crippen LogP contribution in [0.1, 0.15) is 19.5 Å². The van der Waals surface area contributed by atoms with Crippen molar-refractivity contribution < 1.29 is 9.84 Å². The second-order valence-corrected chi connectivity index (χ2v) is 5.78. The molecule has 1 heterocycles. The quantitative estimate of drug-likeness (QED) is 0.920. The van der Waals surface area contributed by atoms with E-state index in [0.29, 0.717) is 0 Å². The van der Waals surface area contributed by atoms with Crippen molar-refractivity contribution in [3.8, 4) is 16.3 Å². The molecular weight excluding hydrogens is 246 g/mol. The molecule has 0 aliphatic carbocycles. The fourth-order valence-corrected chi connectivity index (χ4v) is 2.24. The smallest absolute Gasteiger partial charge is 0.123 e. The molecular formula is C14H17NO2S. The van der Waals surface area contributed by atoms with Crippen molar-refractivity contribution >= 4 is 11.3 Å². The lowest BCUT2D eigenvalue weighted by Crippen LogP contribution is -2.27. The van der Waals surface area contributed by atoms with E-state index < -0.39 is 5.60 Å². The zero-order valence-electron chi connectivity index (χ0n) is 10.8. The molecule has 0 aliphatic rings. The molecule has 0 amide bonds. The number of hydrogen-bond donors (Lipinski definition) is 1. The van der Waals surface area contributed by atoms with Gasteiger partial charge in [-0.3, -0.25) is 0 Å². The number of hydrogen-bond acceptors (Lipinski definition) is 4. The van der Waals surface area contributed by atoms with Gasteiger partial charge in [0, 0.05) is 16.6 Å². The Kier molecular flexibility index (Phi) is 3.68. The highest BCUT2D eigenvalue weighted by Crippen LogP contribution is 2.25. The Labute approximate surface area is 111 Å². The van der Waals surface area contributed by atoms with Gasteiger partial charge < -0.3 is 9.84 Å². The molecule has 1 aromatic heterocycles. The minimum atomic E-state index is -0.814. The first-order valence-electron chi connectivity index (χ1n) is 5.82. The molecule has 4 heteroatoms. The SMILES string of the molecule is Cc1csc(-c2ccc(OCC(C)(C)O)cc2)n1. The van der Waals surface area contributed by atoms with Gasteiger partial charge in [0.05, 0.1) is 5.60 Å². The third-order valence-corrected chi connectivity index (χ3v) is 3.32. The Balaban J connectivity index is 2.06. The number of nitrogens with zero attached hydrogens (tertiary/aromatic N) is 1. The molecule has 18 heavy (non-hydrogen) atoms. The Morgan fingerprint density at radius 3 is 2.44 bits per heavy atom. The molecule has 1 aromatic carbocycles. The molecule has 0 spiro atoms. The first-order chi connectivity index (χ1) is 8.44. The van der Waals surface area contributed by atoms with E-state index in [1.165, 1.54) is 0 Å². The van der Waals surface area contributed by atoms with Gasteiger partial charge in [-0.1, -0.05) is 0 Å². The first-order valence-corrected chi connectivity index (χ1v) is 6.70. The lowest BCUT2D eigenvalue weighted by Gasteiger charge is -2.17. The summed E-state index contributed by atoms with van der Waals surface area (Å²) in [6, 6.07) is 7.77. The van der Waals surface area contributed by atoms with E-state index in [4.69, 9.17) is 4.74 Å². The van der Waals surface area contributed by atoms with Gasteiger partial charge in [0.1, 0.15) is 17.4 Å². The van der Waals surface area contributed by atoms with Crippen molar-refractivity contribution in [1.29, 1.82) is 0 Å². The highest BCUT2D eigenvalue weighted by Gasteiger charge is 2.13. The second-order valence-electron chi connectivity index (χ2n) is 4.92. The van der Waals surface area contributed by atoms with Gasteiger partial charge >= 0.3 is 0 Å². The fourth-order valence-electron chi connectivity index (χ4n) is 1.44. The molecule has 0 atom stereocenters. The molecule has 1 N–H and O–H groups in total. The number of aryl methyl sites for hydroxylation is 1. The molecule has 96 valence electrons. The summed E-state index contributed by atoms with van der Waals surface area (Å²) in [6.45, 7) is 5.71. The lowest BCUT2D eigenvalue weighted by atomic mass is 10.1. The third kappa shape index (κ3) is 3.55. The van der Waals surface area contributed by atoms with Crippen LogP contribution in [0.5, 0.6) is 5.75 Å². The van der Waals surface area contributed by atoms with Crippen LogP contribution in [0.3, 0.4) is 0 Å². The molecule has 0 saturated heterocycles. The Morgan fingerprint density at radius 2 is 1.94 bits per heavy atom. The zero-order chi connectivity index (χ0) is 13.2. The predicted molar refractivity (Wildman–Crippen MR) is 74.1 cm³/mol. The van der Waals surface area contributed by atoms with Crippen molar-refractivity contribution in [2.24, 2.45) is 0 Å². The van der Waals surface area contributed by atoms with Crippen LogP contribution < -0.4 is 4.74 Å². The average Bonchev–Trinajstić information content (AvgIpc) is 2.73. The molecule has 2 aromatic rings. The second kappa shape index (κ2) is 5.08. The molecule has 0 radical (unpaired) electrons. The summed E-state index contributed by atoms with van der Waals surface area (Å²) in [7, 11) is 0. The summed E-state index contributed by atoms with van der Waals surface area (Å²) in [6.07, 6.45) is 0. The van der Waals surface area contributed by atoms with Gasteiger partial charge in [-0.25, -0.2) is 4.98 Å². The Bertz CT molecular complexity index is 511. The van der Waals surface area contributed by atoms with E-state index in [0.717, 1.165) is 22.0 Å². The van der Waals surface area contributed by atoms with Crippen LogP contribution in [0.4, 0.5) is 0 Å². The summed E-state index contributed by atoms with van der Waals surface area (Å²) < 4.78 is 5.50. The van der Waals surface area contributed by atoms with Gasteiger partial charge in [-0.15, -0.1) is 11.3 Å². The van der Waals surface area contributed by atoms with Crippen molar-refractivity contribution in [1.82, 2.24) is 4.98 Å². The largest absolute Gasteiger partial charge is 0.491 e. The van der Waals surface area contributed by atoms with Crippen LogP contribution >= 0.6 is 11.3 Å². The van der Waals surface area contributed by atoms with E-state index in [2.05, 4.69) is 4.98 Å². The van der Waals surface area contributed by atoms with E-state index in [9.17, 15) is 5.11 Å². The summed E-state index contributed by atoms with van der Waals surface area (Å²) in [4.78, 5) is 4.43. The third-order valence-electron chi connectivity index (χ3n) is 2.31. The average molecular weight is 263 g/mol. The summed E-state index contributed by atoms with van der Waals surface area (Å²) >= 11 is 1.63. The molecule has 0 aliphatic heterocycles. The number of aliphatic hydroxyl groups is 1. The highest BCUT2D eigenvalue weighted by molar-refractivity contribution is 7.13. The van der Waals surface area contributed by atoms with Crippen LogP contribution in [0.25, 0.3) is 10.6 Å². The van der Waals surface area contributed by atoms with E-state index >= 15 is 0 Å². The molecule has 0 fully saturated rings. The maximum Gasteiger partial charge on any atom is 0.123 e. The number of ether oxygens (including phenoxy) is 1. The minimum absolute atomic E-state index is 0.280. The van der Waals surface area contributed by atoms with Crippen LogP contribution in [0.15, 0.2) is 29.6 Å². The van der Waals surface area contributed by atoms with Crippen LogP contribution in [0.2, 0.25) is 0 Å². The summed E-state index contributed by atoms with van der Waals surface area (Å²) in [5.74, 6) is 0.758. The Hall–Kier alpha value is -1.39. The number of benzene rings is 1. The maximum absolute atomic E-state index is 9.58. The normalized spacial score (nSPS) is 11.6. The lowest BCUT2D eigenvalue weighted by molar-refractivity contribution is 0.0285. The minimum Gasteiger partial charge on any atom is -0.491 e. The molecule has 0 saturated carbocycles. The standard InChI is InChI=1S/C14H17NO2S/c1-10-8-18-13(15-10)11-4-6-12(7-5-11)17-9-14(2,3)16/h4-8,16H,9H2,1-3H3. The van der Waals surface area contributed by atoms with Gasteiger partial charge in [0.2, 0.25) is 0 Å². The van der Waals surface area contributed by atoms with Crippen LogP contribution in [-0.2, 0) is 0 Å². The molecule has 2 rings (SSSR count). The van der Waals surface area contributed by atoms with E-state index in [1.807, 2.05) is 36.6 Å². The fraction of sp³-hybridized carbons (Fsp3) is 0.357. The van der Waals surface area contributed by atoms with Crippen LogP contribution in [0, 0.1) is 6.92 Å². The summed E-state index contributed by atoms with van der Waals surface area (Å²) in [5.41, 5.74) is 1.31. The van der Waals surface area contributed by atoms with Gasteiger partial charge in [0.25, 0.3) is 0 Å². The van der Waals surface area contributed by atoms with Crippen LogP contribution in [-0.4, -0.2) is 22.3 Å². The monoisotopic (exact) mass is 263 g/mol. The van der Waals surface area contributed by atoms with Gasteiger partial charge in [-0.2, -0.15) is 0 Å². The molecule has 0 bridgehead atoms. The van der Waals surface area contributed by atoms with Crippen molar-refractivity contribution in [2.75, 3.05) is 6.61 Å². The molecule has 0 unspecified atom stereocenters. The topological polar surface area (TPSA) is 42.4 Å². The zero-order valence-corrected chi connectivity index (χ0v) is 11.6. The number of thiazole rings is 1. The Morgan fingerprint density at radius 1 is 1.28 bits per heavy atom. The highest BCUT2D eigenvalue weighted by atomic mass is 32.1. The van der Waals surface area contributed by atoms with E-state index in [1.54, 1.807) is 25.2 Å². The number of rotatable bonds is 4. The van der Waals surface area contributed by atoms with Crippen molar-refractivity contribution in [3.63, 3.8) is 0 Å². The maximum atomic E-state index is 9.58. The van der Waals surface area contributed by atoms with E-state index in [-0.39, 0.29) is 6.61 Å². The molecule has 3 nitrogen and oxygen atoms in total. The first kappa shape index (κ1) is 13.1. The van der Waals surface area contributed by atoms with Gasteiger partial charge in [0.15, 0.2) is 0 Å². The predicted octanol–water partition coefficient (Wildman–Crippen LogP) is 3.27. The van der Waals surface area contributed by atoms with Crippen molar-refractivity contribution in [2.45, 2.75) is 26.4 Å². The van der Waals surface area contributed by atoms with Gasteiger partial charge in [-0.05, 0) is 45.0 Å². The summed E-state index contributed by atoms with van der Waals surface area (Å²) in [5, 5.41) is 12.6. The number of aromatic nitrogens is 1. The van der Waals surface area contributed by atoms with Crippen molar-refractivity contribution in [3.05, 3.63) is 35.3 Å².